The predicted octanol–water partition coefficient (Wildman–Crippen LogP) is 4.67. The van der Waals surface area contributed by atoms with E-state index < -0.39 is 53.2 Å². The fraction of sp³-hybridized carbons (Fsp3) is 0.690. The Hall–Kier alpha value is -4.49. The van der Waals surface area contributed by atoms with E-state index in [-0.39, 0.29) is 25.0 Å². The van der Waals surface area contributed by atoms with Gasteiger partial charge in [0.2, 0.25) is 29.9 Å². The Balaban J connectivity index is 0.000000601. The van der Waals surface area contributed by atoms with Gasteiger partial charge in [-0.15, -0.1) is 0 Å². The topological polar surface area (TPSA) is 183 Å². The standard InChI is InChI=1S/C29H41N5O7.C10H20.C3H7NO/c1-18(20-9-6-5-7-10-20)32-23(35)16-30-27(39)25(37)21(15-19-12-13-19)33-26(38)22-11-8-14-34(22)24(36)17-31-28(40)41-29(2,3)4;1-10(2,3)9-7-5-4-6-8-9;1-4(2)3-5/h5-7,9-10,18-19,21-22H,8,11-17H2,1-4H3,(H,30,39)(H,31,40)(H,32,35)(H,33,38);9H,4-8H2,1-3H3;3H,1-2H3. The van der Waals surface area contributed by atoms with Crippen LogP contribution in [0.3, 0.4) is 0 Å². The van der Waals surface area contributed by atoms with E-state index in [4.69, 9.17) is 4.74 Å². The summed E-state index contributed by atoms with van der Waals surface area (Å²) < 4.78 is 5.14. The first-order valence-corrected chi connectivity index (χ1v) is 20.1. The molecule has 6 amide bonds. The highest BCUT2D eigenvalue weighted by atomic mass is 16.6. The molecule has 4 rings (SSSR count). The minimum absolute atomic E-state index is 0.214. The number of ether oxygens (including phenoxy) is 1. The molecule has 14 nitrogen and oxygen atoms in total. The molecule has 0 bridgehead atoms. The van der Waals surface area contributed by atoms with Crippen LogP contribution in [-0.4, -0.2) is 103 Å². The van der Waals surface area contributed by atoms with E-state index in [1.54, 1.807) is 34.9 Å². The molecule has 1 heterocycles. The van der Waals surface area contributed by atoms with Gasteiger partial charge in [-0.1, -0.05) is 83.2 Å². The zero-order valence-electron chi connectivity index (χ0n) is 35.2. The molecule has 0 spiro atoms. The second-order valence-corrected chi connectivity index (χ2v) is 17.4. The smallest absolute Gasteiger partial charge is 0.408 e. The molecule has 4 N–H and O–H groups in total. The van der Waals surface area contributed by atoms with E-state index in [0.717, 1.165) is 30.7 Å². The summed E-state index contributed by atoms with van der Waals surface area (Å²) in [5.41, 5.74) is 0.749. The highest BCUT2D eigenvalue weighted by Gasteiger charge is 2.39. The monoisotopic (exact) mass is 785 g/mol. The Labute approximate surface area is 334 Å². The number of carbonyl (C=O) groups is 7. The van der Waals surface area contributed by atoms with Gasteiger partial charge in [0.25, 0.3) is 5.91 Å². The summed E-state index contributed by atoms with van der Waals surface area (Å²) >= 11 is 0. The Bertz CT molecular complexity index is 1440. The molecule has 3 fully saturated rings. The van der Waals surface area contributed by atoms with Crippen molar-refractivity contribution in [3.8, 4) is 0 Å². The van der Waals surface area contributed by atoms with Crippen LogP contribution in [0.15, 0.2) is 30.3 Å². The number of carbonyl (C=O) groups excluding carboxylic acids is 7. The molecule has 2 saturated carbocycles. The molecule has 1 aromatic rings. The molecule has 314 valence electrons. The van der Waals surface area contributed by atoms with Gasteiger partial charge in [0.1, 0.15) is 18.2 Å². The zero-order chi connectivity index (χ0) is 42.1. The summed E-state index contributed by atoms with van der Waals surface area (Å²) in [5.74, 6) is -2.02. The lowest BCUT2D eigenvalue weighted by Crippen LogP contribution is -2.54. The molecule has 1 saturated heterocycles. The van der Waals surface area contributed by atoms with Crippen molar-refractivity contribution in [2.75, 3.05) is 33.7 Å². The first kappa shape index (κ1) is 47.7. The molecular weight excluding hydrogens is 716 g/mol. The Morgan fingerprint density at radius 1 is 0.839 bits per heavy atom. The van der Waals surface area contributed by atoms with Crippen molar-refractivity contribution in [1.29, 1.82) is 0 Å². The van der Waals surface area contributed by atoms with E-state index in [2.05, 4.69) is 42.0 Å². The van der Waals surface area contributed by atoms with E-state index >= 15 is 0 Å². The fourth-order valence-electron chi connectivity index (χ4n) is 6.58. The van der Waals surface area contributed by atoms with Gasteiger partial charge in [0, 0.05) is 20.6 Å². The molecule has 3 unspecified atom stereocenters. The number of alkyl carbamates (subject to hydrolysis) is 1. The summed E-state index contributed by atoms with van der Waals surface area (Å²) in [6, 6.07) is 7.14. The third kappa shape index (κ3) is 18.4. The third-order valence-electron chi connectivity index (χ3n) is 9.91. The summed E-state index contributed by atoms with van der Waals surface area (Å²) in [6.45, 7) is 13.7. The van der Waals surface area contributed by atoms with Crippen LogP contribution in [0, 0.1) is 17.3 Å². The van der Waals surface area contributed by atoms with Crippen LogP contribution in [0.2, 0.25) is 0 Å². The largest absolute Gasteiger partial charge is 0.444 e. The Kier molecular flexibility index (Phi) is 19.5. The van der Waals surface area contributed by atoms with Crippen LogP contribution < -0.4 is 21.3 Å². The lowest BCUT2D eigenvalue weighted by molar-refractivity contribution is -0.142. The van der Waals surface area contributed by atoms with E-state index in [1.807, 2.05) is 37.3 Å². The average Bonchev–Trinajstić information content (AvgIpc) is 3.83. The minimum Gasteiger partial charge on any atom is -0.444 e. The maximum Gasteiger partial charge on any atom is 0.408 e. The zero-order valence-corrected chi connectivity index (χ0v) is 35.2. The maximum atomic E-state index is 13.2. The molecule has 14 heteroatoms. The van der Waals surface area contributed by atoms with Crippen LogP contribution in [0.25, 0.3) is 0 Å². The van der Waals surface area contributed by atoms with Gasteiger partial charge in [-0.3, -0.25) is 28.8 Å². The minimum atomic E-state index is -1.07. The van der Waals surface area contributed by atoms with Crippen LogP contribution >= 0.6 is 0 Å². The van der Waals surface area contributed by atoms with Gasteiger partial charge in [-0.2, -0.15) is 0 Å². The molecule has 0 radical (unpaired) electrons. The Morgan fingerprint density at radius 2 is 1.45 bits per heavy atom. The second kappa shape index (κ2) is 22.9. The number of amides is 6. The molecule has 1 aromatic carbocycles. The summed E-state index contributed by atoms with van der Waals surface area (Å²) in [6.07, 6.45) is 10.4. The number of hydrogen-bond donors (Lipinski definition) is 4. The summed E-state index contributed by atoms with van der Waals surface area (Å²) in [4.78, 5) is 88.1. The van der Waals surface area contributed by atoms with E-state index in [9.17, 15) is 33.6 Å². The molecule has 2 aliphatic carbocycles. The summed E-state index contributed by atoms with van der Waals surface area (Å²) in [7, 11) is 3.38. The normalized spacial score (nSPS) is 17.9. The molecular formula is C42H68N6O8. The highest BCUT2D eigenvalue weighted by molar-refractivity contribution is 6.38. The van der Waals surface area contributed by atoms with E-state index in [1.165, 1.54) is 41.9 Å². The van der Waals surface area contributed by atoms with Gasteiger partial charge in [-0.05, 0) is 82.6 Å². The number of ketones is 1. The van der Waals surface area contributed by atoms with E-state index in [0.29, 0.717) is 31.2 Å². The van der Waals surface area contributed by atoms with Crippen molar-refractivity contribution in [3.05, 3.63) is 35.9 Å². The molecule has 0 aromatic heterocycles. The van der Waals surface area contributed by atoms with Crippen molar-refractivity contribution < 1.29 is 38.3 Å². The number of nitrogens with one attached hydrogen (secondary N) is 4. The van der Waals surface area contributed by atoms with Gasteiger partial charge < -0.3 is 35.8 Å². The third-order valence-corrected chi connectivity index (χ3v) is 9.91. The van der Waals surface area contributed by atoms with Crippen molar-refractivity contribution in [1.82, 2.24) is 31.1 Å². The van der Waals surface area contributed by atoms with Crippen molar-refractivity contribution >= 4 is 41.9 Å². The highest BCUT2D eigenvalue weighted by Crippen LogP contribution is 2.37. The van der Waals surface area contributed by atoms with Crippen molar-refractivity contribution in [2.24, 2.45) is 17.3 Å². The first-order chi connectivity index (χ1) is 26.2. The van der Waals surface area contributed by atoms with Crippen molar-refractivity contribution in [2.45, 2.75) is 136 Å². The molecule has 3 atom stereocenters. The number of likely N-dealkylation sites (tertiary alicyclic amines) is 1. The summed E-state index contributed by atoms with van der Waals surface area (Å²) in [5, 5.41) is 10.2. The average molecular weight is 785 g/mol. The molecule has 3 aliphatic rings. The molecule has 56 heavy (non-hydrogen) atoms. The Morgan fingerprint density at radius 3 is 1.96 bits per heavy atom. The van der Waals surface area contributed by atoms with Gasteiger partial charge in [0.05, 0.1) is 18.6 Å². The van der Waals surface area contributed by atoms with Gasteiger partial charge in [-0.25, -0.2) is 4.79 Å². The van der Waals surface area contributed by atoms with Crippen molar-refractivity contribution in [3.63, 3.8) is 0 Å². The van der Waals surface area contributed by atoms with Crippen LogP contribution in [0.1, 0.15) is 124 Å². The van der Waals surface area contributed by atoms with Crippen LogP contribution in [0.4, 0.5) is 4.79 Å². The molecule has 1 aliphatic heterocycles. The van der Waals surface area contributed by atoms with Gasteiger partial charge >= 0.3 is 6.09 Å². The lowest BCUT2D eigenvalue weighted by Gasteiger charge is -2.33. The number of rotatable bonds is 13. The fourth-order valence-corrected chi connectivity index (χ4v) is 6.58. The first-order valence-electron chi connectivity index (χ1n) is 20.1. The number of benzene rings is 1. The quantitative estimate of drug-likeness (QED) is 0.164. The van der Waals surface area contributed by atoms with Crippen LogP contribution in [0.5, 0.6) is 0 Å². The number of hydrogen-bond acceptors (Lipinski definition) is 8. The maximum absolute atomic E-state index is 13.2. The number of Topliss-reactive ketones (excluding diaryl/α,β-unsaturated/α-hetero) is 1. The van der Waals surface area contributed by atoms with Crippen LogP contribution in [-0.2, 0) is 33.5 Å². The lowest BCUT2D eigenvalue weighted by atomic mass is 9.72. The van der Waals surface area contributed by atoms with Gasteiger partial charge in [0.15, 0.2) is 0 Å². The second-order valence-electron chi connectivity index (χ2n) is 17.4. The number of nitrogens with zero attached hydrogens (tertiary/aromatic N) is 2. The SMILES string of the molecule is CC(C)(C)C1CCCCC1.CC(NC(=O)CNC(=O)C(=O)C(CC1CC1)NC(=O)C1CCCN1C(=O)CNC(=O)OC(C)(C)C)c1ccccc1.CN(C)C=O. The predicted molar refractivity (Wildman–Crippen MR) is 215 cm³/mol.